The molecule has 1 aromatic heterocycles. The van der Waals surface area contributed by atoms with Crippen LogP contribution < -0.4 is 11.5 Å². The fourth-order valence-corrected chi connectivity index (χ4v) is 1.25. The third kappa shape index (κ3) is 1.45. The molecule has 0 saturated carbocycles. The van der Waals surface area contributed by atoms with Gasteiger partial charge in [-0.2, -0.15) is 0 Å². The molecule has 0 bridgehead atoms. The highest BCUT2D eigenvalue weighted by atomic mass is 16.4. The van der Waals surface area contributed by atoms with Crippen LogP contribution in [0.2, 0.25) is 0 Å². The van der Waals surface area contributed by atoms with Crippen LogP contribution in [0.25, 0.3) is 11.5 Å². The van der Waals surface area contributed by atoms with E-state index in [-0.39, 0.29) is 5.89 Å². The Morgan fingerprint density at radius 2 is 2.21 bits per heavy atom. The summed E-state index contributed by atoms with van der Waals surface area (Å²) < 4.78 is 4.83. The molecule has 0 amide bonds. The Labute approximate surface area is 79.6 Å². The summed E-state index contributed by atoms with van der Waals surface area (Å²) in [5, 5.41) is 5.94. The van der Waals surface area contributed by atoms with E-state index < -0.39 is 5.76 Å². The second-order valence-electron chi connectivity index (χ2n) is 2.78. The lowest BCUT2D eigenvalue weighted by Crippen LogP contribution is -1.98. The predicted octanol–water partition coefficient (Wildman–Crippen LogP) is 0.489. The van der Waals surface area contributed by atoms with E-state index in [4.69, 9.17) is 10.2 Å². The lowest BCUT2D eigenvalue weighted by atomic mass is 10.1. The predicted molar refractivity (Wildman–Crippen MR) is 50.5 cm³/mol. The van der Waals surface area contributed by atoms with E-state index in [0.29, 0.717) is 6.54 Å². The lowest BCUT2D eigenvalue weighted by Gasteiger charge is -2.01. The molecule has 2 rings (SSSR count). The number of rotatable bonds is 2. The molecule has 0 radical (unpaired) electrons. The minimum atomic E-state index is -0.563. The molecule has 5 nitrogen and oxygen atoms in total. The normalized spacial score (nSPS) is 10.4. The summed E-state index contributed by atoms with van der Waals surface area (Å²) in [5.41, 5.74) is 7.17. The smallest absolute Gasteiger partial charge is 0.388 e. The molecule has 3 N–H and O–H groups in total. The Kier molecular flexibility index (Phi) is 2.16. The highest BCUT2D eigenvalue weighted by Gasteiger charge is 2.08. The molecular formula is C9H9N3O2. The van der Waals surface area contributed by atoms with Gasteiger partial charge in [-0.3, -0.25) is 0 Å². The van der Waals surface area contributed by atoms with Gasteiger partial charge >= 0.3 is 5.76 Å². The highest BCUT2D eigenvalue weighted by Crippen LogP contribution is 2.19. The van der Waals surface area contributed by atoms with Gasteiger partial charge in [0.05, 0.1) is 0 Å². The van der Waals surface area contributed by atoms with Gasteiger partial charge in [0.2, 0.25) is 5.89 Å². The van der Waals surface area contributed by atoms with Crippen LogP contribution in [0.3, 0.4) is 0 Å². The van der Waals surface area contributed by atoms with Crippen molar-refractivity contribution in [2.75, 3.05) is 0 Å². The van der Waals surface area contributed by atoms with Crippen molar-refractivity contribution in [3.63, 3.8) is 0 Å². The van der Waals surface area contributed by atoms with Gasteiger partial charge < -0.3 is 10.2 Å². The number of nitrogens with two attached hydrogens (primary N) is 1. The van der Waals surface area contributed by atoms with E-state index in [1.54, 1.807) is 6.07 Å². The minimum Gasteiger partial charge on any atom is -0.388 e. The van der Waals surface area contributed by atoms with Gasteiger partial charge in [-0.05, 0) is 11.6 Å². The van der Waals surface area contributed by atoms with Crippen LogP contribution in [-0.2, 0) is 6.54 Å². The zero-order chi connectivity index (χ0) is 9.97. The van der Waals surface area contributed by atoms with E-state index in [0.717, 1.165) is 11.1 Å². The highest BCUT2D eigenvalue weighted by molar-refractivity contribution is 5.57. The van der Waals surface area contributed by atoms with E-state index in [9.17, 15) is 4.79 Å². The van der Waals surface area contributed by atoms with Crippen LogP contribution in [0.4, 0.5) is 0 Å². The van der Waals surface area contributed by atoms with Crippen molar-refractivity contribution in [3.8, 4) is 11.5 Å². The summed E-state index contributed by atoms with van der Waals surface area (Å²) in [4.78, 5) is 10.7. The van der Waals surface area contributed by atoms with E-state index in [2.05, 4.69) is 10.2 Å². The van der Waals surface area contributed by atoms with Crippen LogP contribution >= 0.6 is 0 Å². The first-order chi connectivity index (χ1) is 6.81. The van der Waals surface area contributed by atoms with Gasteiger partial charge in [0.1, 0.15) is 0 Å². The van der Waals surface area contributed by atoms with Crippen LogP contribution in [0, 0.1) is 0 Å². The van der Waals surface area contributed by atoms with Crippen molar-refractivity contribution in [1.29, 1.82) is 0 Å². The van der Waals surface area contributed by atoms with Gasteiger partial charge in [0.25, 0.3) is 0 Å². The summed E-state index contributed by atoms with van der Waals surface area (Å²) in [6.07, 6.45) is 0. The number of hydrogen-bond donors (Lipinski definition) is 2. The molecule has 0 aliphatic rings. The zero-order valence-electron chi connectivity index (χ0n) is 7.36. The fraction of sp³-hybridized carbons (Fsp3) is 0.111. The van der Waals surface area contributed by atoms with Gasteiger partial charge in [-0.15, -0.1) is 5.10 Å². The number of hydrogen-bond acceptors (Lipinski definition) is 4. The van der Waals surface area contributed by atoms with Crippen molar-refractivity contribution >= 4 is 0 Å². The first-order valence-corrected chi connectivity index (χ1v) is 4.15. The van der Waals surface area contributed by atoms with Gasteiger partial charge in [-0.25, -0.2) is 9.89 Å². The minimum absolute atomic E-state index is 0.274. The van der Waals surface area contributed by atoms with Gasteiger partial charge in [-0.1, -0.05) is 18.2 Å². The van der Waals surface area contributed by atoms with Crippen LogP contribution in [0.1, 0.15) is 5.56 Å². The molecule has 0 spiro atoms. The van der Waals surface area contributed by atoms with Crippen LogP contribution in [-0.4, -0.2) is 10.2 Å². The molecule has 1 aromatic carbocycles. The second-order valence-corrected chi connectivity index (χ2v) is 2.78. The van der Waals surface area contributed by atoms with Crippen molar-refractivity contribution in [1.82, 2.24) is 10.2 Å². The zero-order valence-corrected chi connectivity index (χ0v) is 7.36. The standard InChI is InChI=1S/C9H9N3O2/c10-5-6-3-1-2-4-7(6)8-11-12-9(13)14-8/h1-4H,5,10H2,(H,12,13). The molecule has 0 unspecified atom stereocenters. The molecule has 72 valence electrons. The summed E-state index contributed by atoms with van der Waals surface area (Å²) in [7, 11) is 0. The molecule has 0 fully saturated rings. The molecule has 1 heterocycles. The van der Waals surface area contributed by atoms with Crippen molar-refractivity contribution in [2.24, 2.45) is 5.73 Å². The van der Waals surface area contributed by atoms with E-state index in [1.807, 2.05) is 18.2 Å². The monoisotopic (exact) mass is 191 g/mol. The SMILES string of the molecule is NCc1ccccc1-c1n[nH]c(=O)o1. The first-order valence-electron chi connectivity index (χ1n) is 4.15. The number of benzene rings is 1. The summed E-state index contributed by atoms with van der Waals surface area (Å²) in [6.45, 7) is 0.382. The third-order valence-electron chi connectivity index (χ3n) is 1.91. The quantitative estimate of drug-likeness (QED) is 0.723. The summed E-state index contributed by atoms with van der Waals surface area (Å²) >= 11 is 0. The number of aromatic amines is 1. The third-order valence-corrected chi connectivity index (χ3v) is 1.91. The number of nitrogens with one attached hydrogen (secondary N) is 1. The molecule has 0 aliphatic heterocycles. The van der Waals surface area contributed by atoms with Crippen molar-refractivity contribution < 1.29 is 4.42 Å². The maximum atomic E-state index is 10.7. The topological polar surface area (TPSA) is 84.9 Å². The Hall–Kier alpha value is -1.88. The van der Waals surface area contributed by atoms with Crippen molar-refractivity contribution in [3.05, 3.63) is 40.4 Å². The molecule has 2 aromatic rings. The molecule has 14 heavy (non-hydrogen) atoms. The van der Waals surface area contributed by atoms with Crippen LogP contribution in [0.15, 0.2) is 33.5 Å². The summed E-state index contributed by atoms with van der Waals surface area (Å²) in [5.74, 6) is -0.289. The van der Waals surface area contributed by atoms with E-state index >= 15 is 0 Å². The molecule has 0 aliphatic carbocycles. The molecule has 0 atom stereocenters. The maximum absolute atomic E-state index is 10.7. The largest absolute Gasteiger partial charge is 0.434 e. The average Bonchev–Trinajstić information content (AvgIpc) is 2.65. The Morgan fingerprint density at radius 3 is 2.86 bits per heavy atom. The van der Waals surface area contributed by atoms with Crippen LogP contribution in [0.5, 0.6) is 0 Å². The Morgan fingerprint density at radius 1 is 1.43 bits per heavy atom. The molecule has 5 heteroatoms. The Balaban J connectivity index is 2.55. The molecule has 0 saturated heterocycles. The lowest BCUT2D eigenvalue weighted by molar-refractivity contribution is 0.526. The Bertz CT molecular complexity index is 487. The second kappa shape index (κ2) is 3.47. The number of H-pyrrole nitrogens is 1. The average molecular weight is 191 g/mol. The number of nitrogens with zero attached hydrogens (tertiary/aromatic N) is 1. The molecular weight excluding hydrogens is 182 g/mol. The number of aromatic nitrogens is 2. The maximum Gasteiger partial charge on any atom is 0.434 e. The first kappa shape index (κ1) is 8.71. The fourth-order valence-electron chi connectivity index (χ4n) is 1.25. The van der Waals surface area contributed by atoms with Gasteiger partial charge in [0.15, 0.2) is 0 Å². The van der Waals surface area contributed by atoms with Crippen molar-refractivity contribution in [2.45, 2.75) is 6.54 Å². The summed E-state index contributed by atoms with van der Waals surface area (Å²) in [6, 6.07) is 7.38. The van der Waals surface area contributed by atoms with E-state index in [1.165, 1.54) is 0 Å². The van der Waals surface area contributed by atoms with Gasteiger partial charge in [0, 0.05) is 12.1 Å².